The van der Waals surface area contributed by atoms with Gasteiger partial charge < -0.3 is 14.0 Å². The molecule has 1 fully saturated rings. The van der Waals surface area contributed by atoms with E-state index in [2.05, 4.69) is 10.00 Å². The molecule has 2 aromatic rings. The molecule has 0 spiro atoms. The largest absolute Gasteiger partial charge is 0.485 e. The molecule has 0 aliphatic carbocycles. The maximum Gasteiger partial charge on any atom is 0.211 e. The maximum absolute atomic E-state index is 11.7. The molecule has 0 bridgehead atoms. The molecule has 9 nitrogen and oxygen atoms in total. The van der Waals surface area contributed by atoms with Crippen LogP contribution in [-0.2, 0) is 23.7 Å². The van der Waals surface area contributed by atoms with Gasteiger partial charge in [0.1, 0.15) is 6.61 Å². The van der Waals surface area contributed by atoms with Crippen molar-refractivity contribution in [2.24, 2.45) is 7.05 Å². The summed E-state index contributed by atoms with van der Waals surface area (Å²) in [6.45, 7) is 3.09. The minimum atomic E-state index is -3.14. The van der Waals surface area contributed by atoms with Gasteiger partial charge in [-0.05, 0) is 24.4 Å². The molecule has 1 aromatic heterocycles. The Kier molecular flexibility index (Phi) is 5.17. The van der Waals surface area contributed by atoms with Crippen LogP contribution in [0.2, 0.25) is 0 Å². The number of fused-ring (bicyclic) bond motifs is 1. The predicted octanol–water partition coefficient (Wildman–Crippen LogP) is 0.998. The molecule has 1 saturated heterocycles. The molecule has 1 atom stereocenters. The van der Waals surface area contributed by atoms with Crippen LogP contribution < -0.4 is 9.47 Å². The number of para-hydroxylation sites is 2. The highest BCUT2D eigenvalue weighted by molar-refractivity contribution is 7.88. The van der Waals surface area contributed by atoms with Crippen molar-refractivity contribution in [1.82, 2.24) is 23.6 Å². The average molecular weight is 426 g/mol. The van der Waals surface area contributed by atoms with E-state index in [4.69, 9.17) is 21.7 Å². The SMILES string of the molecule is Cn1c(C2COc3ccccc3O2)nn(CN2CCN(S(C)(=O)=O)CC2)c1=S. The summed E-state index contributed by atoms with van der Waals surface area (Å²) >= 11 is 5.55. The first kappa shape index (κ1) is 19.4. The Bertz CT molecular complexity index is 1020. The van der Waals surface area contributed by atoms with Crippen molar-refractivity contribution in [3.05, 3.63) is 34.9 Å². The normalized spacial score (nSPS) is 21.0. The highest BCUT2D eigenvalue weighted by atomic mass is 32.2. The summed E-state index contributed by atoms with van der Waals surface area (Å²) in [5.41, 5.74) is 0. The monoisotopic (exact) mass is 425 g/mol. The Labute approximate surface area is 169 Å². The molecule has 2 aliphatic heterocycles. The van der Waals surface area contributed by atoms with E-state index in [0.29, 0.717) is 55.8 Å². The second-order valence-corrected chi connectivity index (χ2v) is 9.33. The molecular formula is C17H23N5O4S2. The molecule has 0 amide bonds. The van der Waals surface area contributed by atoms with E-state index in [-0.39, 0.29) is 6.10 Å². The van der Waals surface area contributed by atoms with Gasteiger partial charge in [-0.1, -0.05) is 12.1 Å². The third-order valence-corrected chi connectivity index (χ3v) is 6.79. The molecule has 1 aromatic carbocycles. The zero-order chi connectivity index (χ0) is 19.9. The van der Waals surface area contributed by atoms with Crippen LogP contribution >= 0.6 is 12.2 Å². The molecule has 4 rings (SSSR count). The number of nitrogens with zero attached hydrogens (tertiary/aromatic N) is 5. The number of benzene rings is 1. The fraction of sp³-hybridized carbons (Fsp3) is 0.529. The van der Waals surface area contributed by atoms with Gasteiger partial charge in [-0.2, -0.15) is 9.40 Å². The van der Waals surface area contributed by atoms with Gasteiger partial charge in [0.05, 0.1) is 12.9 Å². The standard InChI is InChI=1S/C17H23N5O4S2/c1-19-16(15-11-25-13-5-3-4-6-14(13)26-15)18-22(17(19)27)12-20-7-9-21(10-8-20)28(2,23)24/h3-6,15H,7-12H2,1-2H3. The van der Waals surface area contributed by atoms with Crippen LogP contribution in [0.1, 0.15) is 11.9 Å². The summed E-state index contributed by atoms with van der Waals surface area (Å²) in [7, 11) is -1.28. The van der Waals surface area contributed by atoms with E-state index in [1.807, 2.05) is 35.9 Å². The van der Waals surface area contributed by atoms with Crippen molar-refractivity contribution in [1.29, 1.82) is 0 Å². The summed E-state index contributed by atoms with van der Waals surface area (Å²) < 4.78 is 40.8. The number of hydrogen-bond donors (Lipinski definition) is 0. The smallest absolute Gasteiger partial charge is 0.211 e. The summed E-state index contributed by atoms with van der Waals surface area (Å²) in [5, 5.41) is 4.66. The zero-order valence-electron chi connectivity index (χ0n) is 15.8. The Balaban J connectivity index is 1.47. The molecule has 0 saturated carbocycles. The molecule has 28 heavy (non-hydrogen) atoms. The van der Waals surface area contributed by atoms with Gasteiger partial charge in [-0.3, -0.25) is 4.90 Å². The quantitative estimate of drug-likeness (QED) is 0.676. The predicted molar refractivity (Wildman–Crippen MR) is 105 cm³/mol. The summed E-state index contributed by atoms with van der Waals surface area (Å²) in [5.74, 6) is 2.12. The van der Waals surface area contributed by atoms with Crippen molar-refractivity contribution in [2.45, 2.75) is 12.8 Å². The van der Waals surface area contributed by atoms with Crippen LogP contribution in [0.5, 0.6) is 11.5 Å². The number of aromatic nitrogens is 3. The molecule has 0 radical (unpaired) electrons. The highest BCUT2D eigenvalue weighted by Crippen LogP contribution is 2.35. The van der Waals surface area contributed by atoms with Crippen molar-refractivity contribution in [2.75, 3.05) is 39.0 Å². The lowest BCUT2D eigenvalue weighted by atomic mass is 10.2. The molecule has 11 heteroatoms. The second-order valence-electron chi connectivity index (χ2n) is 6.99. The molecule has 1 unspecified atom stereocenters. The topological polar surface area (TPSA) is 81.8 Å². The van der Waals surface area contributed by atoms with E-state index in [0.717, 1.165) is 5.75 Å². The maximum atomic E-state index is 11.7. The minimum Gasteiger partial charge on any atom is -0.485 e. The van der Waals surface area contributed by atoms with Crippen molar-refractivity contribution < 1.29 is 17.9 Å². The number of hydrogen-bond acceptors (Lipinski definition) is 7. The van der Waals surface area contributed by atoms with Gasteiger partial charge in [0.15, 0.2) is 28.2 Å². The van der Waals surface area contributed by atoms with Crippen molar-refractivity contribution >= 4 is 22.2 Å². The molecule has 152 valence electrons. The summed E-state index contributed by atoms with van der Waals surface area (Å²) in [6.07, 6.45) is 0.902. The molecule has 2 aliphatic rings. The molecular weight excluding hydrogens is 402 g/mol. The van der Waals surface area contributed by atoms with Gasteiger partial charge in [-0.25, -0.2) is 13.1 Å². The van der Waals surface area contributed by atoms with Crippen LogP contribution in [-0.4, -0.2) is 71.0 Å². The minimum absolute atomic E-state index is 0.343. The molecule has 3 heterocycles. The van der Waals surface area contributed by atoms with Crippen LogP contribution in [0.25, 0.3) is 0 Å². The van der Waals surface area contributed by atoms with E-state index in [9.17, 15) is 8.42 Å². The highest BCUT2D eigenvalue weighted by Gasteiger charge is 2.28. The van der Waals surface area contributed by atoms with Gasteiger partial charge >= 0.3 is 0 Å². The van der Waals surface area contributed by atoms with Crippen molar-refractivity contribution in [3.63, 3.8) is 0 Å². The average Bonchev–Trinajstić information content (AvgIpc) is 2.96. The van der Waals surface area contributed by atoms with Gasteiger partial charge in [0.25, 0.3) is 0 Å². The van der Waals surface area contributed by atoms with Gasteiger partial charge in [0, 0.05) is 33.2 Å². The first-order valence-electron chi connectivity index (χ1n) is 9.02. The van der Waals surface area contributed by atoms with E-state index < -0.39 is 10.0 Å². The lowest BCUT2D eigenvalue weighted by molar-refractivity contribution is 0.0817. The molecule has 0 N–H and O–H groups in total. The first-order valence-corrected chi connectivity index (χ1v) is 11.3. The van der Waals surface area contributed by atoms with Crippen LogP contribution in [0.15, 0.2) is 24.3 Å². The fourth-order valence-corrected chi connectivity index (χ4v) is 4.43. The number of sulfonamides is 1. The third-order valence-electron chi connectivity index (χ3n) is 5.01. The summed E-state index contributed by atoms with van der Waals surface area (Å²) in [6, 6.07) is 7.55. The lowest BCUT2D eigenvalue weighted by Crippen LogP contribution is -2.48. The second kappa shape index (κ2) is 7.47. The van der Waals surface area contributed by atoms with E-state index in [1.54, 1.807) is 4.68 Å². The van der Waals surface area contributed by atoms with Crippen LogP contribution in [0.3, 0.4) is 0 Å². The van der Waals surface area contributed by atoms with E-state index >= 15 is 0 Å². The summed E-state index contributed by atoms with van der Waals surface area (Å²) in [4.78, 5) is 2.14. The zero-order valence-corrected chi connectivity index (χ0v) is 17.4. The third kappa shape index (κ3) is 3.79. The van der Waals surface area contributed by atoms with Crippen LogP contribution in [0.4, 0.5) is 0 Å². The lowest BCUT2D eigenvalue weighted by Gasteiger charge is -2.32. The fourth-order valence-electron chi connectivity index (χ4n) is 3.42. The first-order chi connectivity index (χ1) is 13.3. The Hall–Kier alpha value is -1.95. The number of piperazine rings is 1. The van der Waals surface area contributed by atoms with Gasteiger partial charge in [0.2, 0.25) is 10.0 Å². The Morgan fingerprint density at radius 3 is 2.54 bits per heavy atom. The Morgan fingerprint density at radius 1 is 1.18 bits per heavy atom. The Morgan fingerprint density at radius 2 is 1.86 bits per heavy atom. The van der Waals surface area contributed by atoms with Crippen molar-refractivity contribution in [3.8, 4) is 11.5 Å². The van der Waals surface area contributed by atoms with Gasteiger partial charge in [-0.15, -0.1) is 0 Å². The van der Waals surface area contributed by atoms with E-state index in [1.165, 1.54) is 10.6 Å². The number of rotatable bonds is 4. The number of ether oxygens (including phenoxy) is 2. The van der Waals surface area contributed by atoms with Crippen LogP contribution in [0, 0.1) is 4.77 Å².